The van der Waals surface area contributed by atoms with Crippen LogP contribution in [-0.2, 0) is 11.3 Å². The topological polar surface area (TPSA) is 12.5 Å². The van der Waals surface area contributed by atoms with E-state index in [0.29, 0.717) is 13.2 Å². The molecular weight excluding hydrogens is 253 g/mol. The standard InChI is InChI=1S/C17H20FNO/c1-19(2)11-12-20-13-15-5-3-4-6-17(15)14-7-9-16(18)10-8-14/h3-10H,11-13H2,1-2H3. The van der Waals surface area contributed by atoms with Gasteiger partial charge < -0.3 is 9.64 Å². The summed E-state index contributed by atoms with van der Waals surface area (Å²) < 4.78 is 18.7. The molecule has 0 aliphatic rings. The van der Waals surface area contributed by atoms with E-state index in [-0.39, 0.29) is 5.82 Å². The van der Waals surface area contributed by atoms with Gasteiger partial charge in [0, 0.05) is 6.54 Å². The van der Waals surface area contributed by atoms with E-state index in [1.165, 1.54) is 12.1 Å². The Morgan fingerprint density at radius 1 is 1.00 bits per heavy atom. The van der Waals surface area contributed by atoms with Crippen LogP contribution < -0.4 is 0 Å². The second-order valence-corrected chi connectivity index (χ2v) is 5.02. The van der Waals surface area contributed by atoms with Gasteiger partial charge in [-0.15, -0.1) is 0 Å². The molecule has 106 valence electrons. The van der Waals surface area contributed by atoms with E-state index in [1.807, 2.05) is 38.4 Å². The van der Waals surface area contributed by atoms with Gasteiger partial charge in [0.15, 0.2) is 0 Å². The third kappa shape index (κ3) is 4.15. The van der Waals surface area contributed by atoms with Crippen molar-refractivity contribution < 1.29 is 9.13 Å². The Balaban J connectivity index is 2.08. The molecule has 0 heterocycles. The molecule has 0 saturated carbocycles. The Morgan fingerprint density at radius 3 is 2.40 bits per heavy atom. The van der Waals surface area contributed by atoms with Gasteiger partial charge in [-0.25, -0.2) is 4.39 Å². The van der Waals surface area contributed by atoms with Crippen LogP contribution in [0.2, 0.25) is 0 Å². The molecule has 2 nitrogen and oxygen atoms in total. The lowest BCUT2D eigenvalue weighted by atomic mass is 10.0. The molecule has 0 fully saturated rings. The lowest BCUT2D eigenvalue weighted by molar-refractivity contribution is 0.105. The quantitative estimate of drug-likeness (QED) is 0.746. The summed E-state index contributed by atoms with van der Waals surface area (Å²) in [6, 6.07) is 14.6. The molecule has 0 spiro atoms. The van der Waals surface area contributed by atoms with Crippen molar-refractivity contribution in [2.24, 2.45) is 0 Å². The maximum absolute atomic E-state index is 13.0. The minimum Gasteiger partial charge on any atom is -0.375 e. The van der Waals surface area contributed by atoms with Crippen LogP contribution in [0, 0.1) is 5.82 Å². The third-order valence-corrected chi connectivity index (χ3v) is 3.11. The van der Waals surface area contributed by atoms with Gasteiger partial charge in [-0.1, -0.05) is 36.4 Å². The second-order valence-electron chi connectivity index (χ2n) is 5.02. The number of ether oxygens (including phenoxy) is 1. The number of halogens is 1. The zero-order valence-corrected chi connectivity index (χ0v) is 12.0. The van der Waals surface area contributed by atoms with Crippen LogP contribution in [-0.4, -0.2) is 32.1 Å². The molecule has 0 aliphatic carbocycles. The van der Waals surface area contributed by atoms with Crippen molar-refractivity contribution in [3.8, 4) is 11.1 Å². The van der Waals surface area contributed by atoms with Crippen molar-refractivity contribution in [3.63, 3.8) is 0 Å². The highest BCUT2D eigenvalue weighted by atomic mass is 19.1. The molecule has 0 N–H and O–H groups in total. The maximum Gasteiger partial charge on any atom is 0.123 e. The predicted octanol–water partition coefficient (Wildman–Crippen LogP) is 3.57. The zero-order chi connectivity index (χ0) is 14.4. The highest BCUT2D eigenvalue weighted by Gasteiger charge is 2.05. The van der Waals surface area contributed by atoms with E-state index in [1.54, 1.807) is 12.1 Å². The van der Waals surface area contributed by atoms with Gasteiger partial charge in [-0.2, -0.15) is 0 Å². The van der Waals surface area contributed by atoms with Gasteiger partial charge in [0.25, 0.3) is 0 Å². The first-order valence-electron chi connectivity index (χ1n) is 6.73. The van der Waals surface area contributed by atoms with Crippen molar-refractivity contribution in [2.75, 3.05) is 27.2 Å². The molecule has 2 aromatic carbocycles. The molecule has 0 aromatic heterocycles. The van der Waals surface area contributed by atoms with Crippen molar-refractivity contribution in [1.29, 1.82) is 0 Å². The number of rotatable bonds is 6. The first kappa shape index (κ1) is 14.7. The normalized spacial score (nSPS) is 11.0. The number of hydrogen-bond donors (Lipinski definition) is 0. The molecule has 0 amide bonds. The van der Waals surface area contributed by atoms with E-state index in [9.17, 15) is 4.39 Å². The number of benzene rings is 2. The van der Waals surface area contributed by atoms with Crippen LogP contribution in [0.4, 0.5) is 4.39 Å². The molecule has 3 heteroatoms. The van der Waals surface area contributed by atoms with Gasteiger partial charge >= 0.3 is 0 Å². The highest BCUT2D eigenvalue weighted by Crippen LogP contribution is 2.24. The predicted molar refractivity (Wildman–Crippen MR) is 80.0 cm³/mol. The van der Waals surface area contributed by atoms with Gasteiger partial charge in [0.05, 0.1) is 13.2 Å². The average molecular weight is 273 g/mol. The molecule has 0 atom stereocenters. The number of nitrogens with zero attached hydrogens (tertiary/aromatic N) is 1. The SMILES string of the molecule is CN(C)CCOCc1ccccc1-c1ccc(F)cc1. The first-order valence-corrected chi connectivity index (χ1v) is 6.73. The van der Waals surface area contributed by atoms with E-state index in [2.05, 4.69) is 4.90 Å². The third-order valence-electron chi connectivity index (χ3n) is 3.11. The van der Waals surface area contributed by atoms with Crippen LogP contribution >= 0.6 is 0 Å². The van der Waals surface area contributed by atoms with Gasteiger partial charge in [0.2, 0.25) is 0 Å². The Hall–Kier alpha value is -1.71. The van der Waals surface area contributed by atoms with Crippen LogP contribution in [0.25, 0.3) is 11.1 Å². The van der Waals surface area contributed by atoms with Crippen molar-refractivity contribution in [1.82, 2.24) is 4.90 Å². The molecule has 0 bridgehead atoms. The minimum atomic E-state index is -0.214. The fraction of sp³-hybridized carbons (Fsp3) is 0.294. The fourth-order valence-corrected chi connectivity index (χ4v) is 1.99. The Bertz CT molecular complexity index is 537. The zero-order valence-electron chi connectivity index (χ0n) is 12.0. The lowest BCUT2D eigenvalue weighted by Gasteiger charge is -2.12. The van der Waals surface area contributed by atoms with Crippen molar-refractivity contribution in [2.45, 2.75) is 6.61 Å². The summed E-state index contributed by atoms with van der Waals surface area (Å²) in [4.78, 5) is 2.09. The van der Waals surface area contributed by atoms with Crippen molar-refractivity contribution in [3.05, 3.63) is 59.9 Å². The number of hydrogen-bond acceptors (Lipinski definition) is 2. The van der Waals surface area contributed by atoms with Crippen LogP contribution in [0.15, 0.2) is 48.5 Å². The Morgan fingerprint density at radius 2 is 1.70 bits per heavy atom. The van der Waals surface area contributed by atoms with E-state index >= 15 is 0 Å². The summed E-state index contributed by atoms with van der Waals surface area (Å²) >= 11 is 0. The minimum absolute atomic E-state index is 0.214. The summed E-state index contributed by atoms with van der Waals surface area (Å²) in [6.45, 7) is 2.17. The van der Waals surface area contributed by atoms with E-state index < -0.39 is 0 Å². The summed E-state index contributed by atoms with van der Waals surface area (Å²) in [7, 11) is 4.05. The summed E-state index contributed by atoms with van der Waals surface area (Å²) in [5, 5.41) is 0. The summed E-state index contributed by atoms with van der Waals surface area (Å²) in [6.07, 6.45) is 0. The van der Waals surface area contributed by atoms with E-state index in [0.717, 1.165) is 23.2 Å². The molecule has 0 radical (unpaired) electrons. The van der Waals surface area contributed by atoms with Crippen molar-refractivity contribution >= 4 is 0 Å². The summed E-state index contributed by atoms with van der Waals surface area (Å²) in [5.41, 5.74) is 3.23. The Kier molecular flexibility index (Phi) is 5.27. The number of likely N-dealkylation sites (N-methyl/N-ethyl adjacent to an activating group) is 1. The second kappa shape index (κ2) is 7.17. The van der Waals surface area contributed by atoms with E-state index in [4.69, 9.17) is 4.74 Å². The molecule has 0 unspecified atom stereocenters. The largest absolute Gasteiger partial charge is 0.375 e. The Labute approximate surface area is 119 Å². The summed E-state index contributed by atoms with van der Waals surface area (Å²) in [5.74, 6) is -0.214. The lowest BCUT2D eigenvalue weighted by Crippen LogP contribution is -2.17. The molecule has 0 aliphatic heterocycles. The molecular formula is C17H20FNO. The molecule has 20 heavy (non-hydrogen) atoms. The van der Waals surface area contributed by atoms with Gasteiger partial charge in [0.1, 0.15) is 5.82 Å². The molecule has 2 rings (SSSR count). The smallest absolute Gasteiger partial charge is 0.123 e. The first-order chi connectivity index (χ1) is 9.66. The molecule has 0 saturated heterocycles. The monoisotopic (exact) mass is 273 g/mol. The van der Waals surface area contributed by atoms with Crippen LogP contribution in [0.3, 0.4) is 0 Å². The van der Waals surface area contributed by atoms with Crippen LogP contribution in [0.5, 0.6) is 0 Å². The van der Waals surface area contributed by atoms with Gasteiger partial charge in [-0.3, -0.25) is 0 Å². The molecule has 2 aromatic rings. The average Bonchev–Trinajstić information content (AvgIpc) is 2.45. The van der Waals surface area contributed by atoms with Gasteiger partial charge in [-0.05, 0) is 42.9 Å². The maximum atomic E-state index is 13.0. The fourth-order valence-electron chi connectivity index (χ4n) is 1.99. The van der Waals surface area contributed by atoms with Crippen LogP contribution in [0.1, 0.15) is 5.56 Å². The highest BCUT2D eigenvalue weighted by molar-refractivity contribution is 5.67.